The van der Waals surface area contributed by atoms with Crippen LogP contribution in [0.5, 0.6) is 0 Å². The van der Waals surface area contributed by atoms with Gasteiger partial charge in [-0.2, -0.15) is 0 Å². The van der Waals surface area contributed by atoms with Gasteiger partial charge in [-0.1, -0.05) is 19.8 Å². The monoisotopic (exact) mass is 152 g/mol. The maximum atomic E-state index is 11.2. The molecule has 2 aliphatic rings. The first-order valence-corrected chi connectivity index (χ1v) is 4.81. The van der Waals surface area contributed by atoms with Gasteiger partial charge in [-0.3, -0.25) is 4.79 Å². The van der Waals surface area contributed by atoms with Crippen LogP contribution in [0.3, 0.4) is 0 Å². The minimum atomic E-state index is 0.473. The number of hydrogen-bond donors (Lipinski definition) is 0. The SMILES string of the molecule is CCC12CCCCC1C(=O)C2. The summed E-state index contributed by atoms with van der Waals surface area (Å²) in [4.78, 5) is 11.2. The Bertz CT molecular complexity index is 185. The van der Waals surface area contributed by atoms with Crippen LogP contribution in [0, 0.1) is 11.3 Å². The minimum Gasteiger partial charge on any atom is -0.299 e. The van der Waals surface area contributed by atoms with Gasteiger partial charge in [0.15, 0.2) is 0 Å². The zero-order valence-corrected chi connectivity index (χ0v) is 7.23. The molecule has 0 N–H and O–H groups in total. The van der Waals surface area contributed by atoms with Gasteiger partial charge in [0.05, 0.1) is 0 Å². The summed E-state index contributed by atoms with van der Waals surface area (Å²) in [7, 11) is 0. The van der Waals surface area contributed by atoms with E-state index in [1.54, 1.807) is 0 Å². The Morgan fingerprint density at radius 2 is 2.36 bits per heavy atom. The standard InChI is InChI=1S/C10H16O/c1-2-10-6-4-3-5-8(10)9(11)7-10/h8H,2-7H2,1H3. The summed E-state index contributed by atoms with van der Waals surface area (Å²) in [6, 6.07) is 0. The van der Waals surface area contributed by atoms with Crippen molar-refractivity contribution in [2.45, 2.75) is 45.4 Å². The van der Waals surface area contributed by atoms with Crippen LogP contribution >= 0.6 is 0 Å². The van der Waals surface area contributed by atoms with Crippen LogP contribution in [0.2, 0.25) is 0 Å². The van der Waals surface area contributed by atoms with Crippen LogP contribution in [0.4, 0.5) is 0 Å². The molecule has 2 fully saturated rings. The first-order chi connectivity index (χ1) is 5.28. The van der Waals surface area contributed by atoms with Gasteiger partial charge in [-0.05, 0) is 24.7 Å². The van der Waals surface area contributed by atoms with E-state index >= 15 is 0 Å². The maximum absolute atomic E-state index is 11.2. The van der Waals surface area contributed by atoms with Gasteiger partial charge in [-0.25, -0.2) is 0 Å². The second kappa shape index (κ2) is 2.33. The summed E-state index contributed by atoms with van der Waals surface area (Å²) in [5.74, 6) is 1.02. The first-order valence-electron chi connectivity index (χ1n) is 4.81. The highest BCUT2D eigenvalue weighted by Crippen LogP contribution is 2.55. The fourth-order valence-corrected chi connectivity index (χ4v) is 2.91. The fourth-order valence-electron chi connectivity index (χ4n) is 2.91. The van der Waals surface area contributed by atoms with E-state index in [9.17, 15) is 4.79 Å². The minimum absolute atomic E-state index is 0.473. The van der Waals surface area contributed by atoms with Crippen molar-refractivity contribution in [2.75, 3.05) is 0 Å². The molecule has 62 valence electrons. The van der Waals surface area contributed by atoms with E-state index in [1.165, 1.54) is 32.1 Å². The van der Waals surface area contributed by atoms with Gasteiger partial charge in [0, 0.05) is 12.3 Å². The number of carbonyl (C=O) groups is 1. The molecule has 2 aliphatic carbocycles. The molecule has 2 unspecified atom stereocenters. The Labute approximate surface area is 68.2 Å². The van der Waals surface area contributed by atoms with Crippen molar-refractivity contribution >= 4 is 5.78 Å². The first kappa shape index (κ1) is 7.33. The number of Topliss-reactive ketones (excluding diaryl/α,β-unsaturated/α-hetero) is 1. The van der Waals surface area contributed by atoms with Gasteiger partial charge in [0.25, 0.3) is 0 Å². The third kappa shape index (κ3) is 0.863. The molecular weight excluding hydrogens is 136 g/mol. The molecule has 1 nitrogen and oxygen atoms in total. The number of ketones is 1. The maximum Gasteiger partial charge on any atom is 0.137 e. The molecule has 2 rings (SSSR count). The molecule has 0 radical (unpaired) electrons. The van der Waals surface area contributed by atoms with Crippen LogP contribution in [0.25, 0.3) is 0 Å². The second-order valence-electron chi connectivity index (χ2n) is 4.16. The van der Waals surface area contributed by atoms with Crippen molar-refractivity contribution in [1.82, 2.24) is 0 Å². The van der Waals surface area contributed by atoms with E-state index in [0.29, 0.717) is 17.1 Å². The van der Waals surface area contributed by atoms with E-state index in [0.717, 1.165) is 6.42 Å². The largest absolute Gasteiger partial charge is 0.299 e. The Hall–Kier alpha value is -0.330. The topological polar surface area (TPSA) is 17.1 Å². The fraction of sp³-hybridized carbons (Fsp3) is 0.900. The van der Waals surface area contributed by atoms with Gasteiger partial charge in [0.1, 0.15) is 5.78 Å². The third-order valence-corrected chi connectivity index (χ3v) is 3.78. The summed E-state index contributed by atoms with van der Waals surface area (Å²) >= 11 is 0. The van der Waals surface area contributed by atoms with Crippen molar-refractivity contribution in [1.29, 1.82) is 0 Å². The van der Waals surface area contributed by atoms with Gasteiger partial charge >= 0.3 is 0 Å². The lowest BCUT2D eigenvalue weighted by atomic mass is 9.52. The van der Waals surface area contributed by atoms with Crippen molar-refractivity contribution < 1.29 is 4.79 Å². The normalized spacial score (nSPS) is 43.0. The highest BCUT2D eigenvalue weighted by atomic mass is 16.1. The number of fused-ring (bicyclic) bond motifs is 1. The predicted octanol–water partition coefficient (Wildman–Crippen LogP) is 2.55. The summed E-state index contributed by atoms with van der Waals surface area (Å²) in [6.45, 7) is 2.24. The molecule has 0 aromatic heterocycles. The molecule has 0 aliphatic heterocycles. The van der Waals surface area contributed by atoms with Crippen molar-refractivity contribution in [2.24, 2.45) is 11.3 Å². The Morgan fingerprint density at radius 3 is 2.91 bits per heavy atom. The summed E-state index contributed by atoms with van der Waals surface area (Å²) < 4.78 is 0. The number of hydrogen-bond acceptors (Lipinski definition) is 1. The molecule has 11 heavy (non-hydrogen) atoms. The number of rotatable bonds is 1. The van der Waals surface area contributed by atoms with Crippen molar-refractivity contribution in [3.05, 3.63) is 0 Å². The van der Waals surface area contributed by atoms with E-state index in [4.69, 9.17) is 0 Å². The Balaban J connectivity index is 2.13. The van der Waals surface area contributed by atoms with Crippen LogP contribution < -0.4 is 0 Å². The van der Waals surface area contributed by atoms with Crippen LogP contribution in [0.15, 0.2) is 0 Å². The molecule has 2 saturated carbocycles. The molecule has 0 spiro atoms. The summed E-state index contributed by atoms with van der Waals surface area (Å²) in [6.07, 6.45) is 7.28. The Kier molecular flexibility index (Phi) is 1.55. The second-order valence-corrected chi connectivity index (χ2v) is 4.16. The quantitative estimate of drug-likeness (QED) is 0.564. The zero-order valence-electron chi connectivity index (χ0n) is 7.23. The molecule has 0 bridgehead atoms. The summed E-state index contributed by atoms with van der Waals surface area (Å²) in [5.41, 5.74) is 0.481. The van der Waals surface area contributed by atoms with Gasteiger partial charge in [0.2, 0.25) is 0 Å². The molecule has 0 heterocycles. The van der Waals surface area contributed by atoms with Crippen LogP contribution in [0.1, 0.15) is 45.4 Å². The average Bonchev–Trinajstić information content (AvgIpc) is 2.02. The van der Waals surface area contributed by atoms with E-state index in [1.807, 2.05) is 0 Å². The molecule has 0 saturated heterocycles. The van der Waals surface area contributed by atoms with Crippen LogP contribution in [-0.4, -0.2) is 5.78 Å². The molecule has 1 heteroatoms. The highest BCUT2D eigenvalue weighted by Gasteiger charge is 2.52. The van der Waals surface area contributed by atoms with Gasteiger partial charge in [-0.15, -0.1) is 0 Å². The summed E-state index contributed by atoms with van der Waals surface area (Å²) in [5, 5.41) is 0. The molecule has 0 aromatic rings. The lowest BCUT2D eigenvalue weighted by Crippen LogP contribution is -2.49. The zero-order chi connectivity index (χ0) is 7.90. The highest BCUT2D eigenvalue weighted by molar-refractivity contribution is 5.89. The van der Waals surface area contributed by atoms with E-state index in [-0.39, 0.29) is 0 Å². The lowest BCUT2D eigenvalue weighted by Gasteiger charge is -2.51. The molecular formula is C10H16O. The number of carbonyl (C=O) groups excluding carboxylic acids is 1. The third-order valence-electron chi connectivity index (χ3n) is 3.78. The Morgan fingerprint density at radius 1 is 1.55 bits per heavy atom. The molecule has 2 atom stereocenters. The van der Waals surface area contributed by atoms with Crippen molar-refractivity contribution in [3.8, 4) is 0 Å². The van der Waals surface area contributed by atoms with Crippen molar-refractivity contribution in [3.63, 3.8) is 0 Å². The average molecular weight is 152 g/mol. The lowest BCUT2D eigenvalue weighted by molar-refractivity contribution is -0.147. The molecule has 0 amide bonds. The van der Waals surface area contributed by atoms with Gasteiger partial charge < -0.3 is 0 Å². The molecule has 0 aromatic carbocycles. The van der Waals surface area contributed by atoms with E-state index in [2.05, 4.69) is 6.92 Å². The smallest absolute Gasteiger partial charge is 0.137 e. The predicted molar refractivity (Wildman–Crippen MR) is 44.3 cm³/mol. The van der Waals surface area contributed by atoms with E-state index < -0.39 is 0 Å². The van der Waals surface area contributed by atoms with Crippen LogP contribution in [-0.2, 0) is 4.79 Å².